The van der Waals surface area contributed by atoms with Crippen molar-refractivity contribution < 1.29 is 8.78 Å². The van der Waals surface area contributed by atoms with Gasteiger partial charge in [0.1, 0.15) is 11.5 Å². The van der Waals surface area contributed by atoms with Gasteiger partial charge in [0.05, 0.1) is 6.20 Å². The van der Waals surface area contributed by atoms with Gasteiger partial charge in [0.15, 0.2) is 0 Å². The second-order valence-electron chi connectivity index (χ2n) is 3.86. The van der Waals surface area contributed by atoms with Gasteiger partial charge in [-0.3, -0.25) is 4.98 Å². The highest BCUT2D eigenvalue weighted by Crippen LogP contribution is 2.41. The van der Waals surface area contributed by atoms with Crippen LogP contribution in [0.4, 0.5) is 8.78 Å². The lowest BCUT2D eigenvalue weighted by atomic mass is 9.95. The summed E-state index contributed by atoms with van der Waals surface area (Å²) in [7, 11) is 0. The largest absolute Gasteiger partial charge is 0.328 e. The Balaban J connectivity index is 2.30. The summed E-state index contributed by atoms with van der Waals surface area (Å²) in [6, 6.07) is 1.08. The van der Waals surface area contributed by atoms with E-state index in [2.05, 4.69) is 4.98 Å². The van der Waals surface area contributed by atoms with E-state index in [-0.39, 0.29) is 12.5 Å². The Bertz CT molecular complexity index is 343. The van der Waals surface area contributed by atoms with Gasteiger partial charge in [0.25, 0.3) is 0 Å². The Labute approximate surface area is 81.1 Å². The van der Waals surface area contributed by atoms with Crippen molar-refractivity contribution in [1.29, 1.82) is 0 Å². The number of alkyl halides is 1. The first-order valence-electron chi connectivity index (χ1n) is 4.66. The first kappa shape index (κ1) is 9.52. The molecule has 0 bridgehead atoms. The Hall–Kier alpha value is -1.03. The molecule has 2 unspecified atom stereocenters. The van der Waals surface area contributed by atoms with Crippen molar-refractivity contribution in [1.82, 2.24) is 4.98 Å². The van der Waals surface area contributed by atoms with Crippen LogP contribution < -0.4 is 5.73 Å². The van der Waals surface area contributed by atoms with E-state index >= 15 is 0 Å². The molecule has 4 heteroatoms. The molecule has 1 aromatic rings. The predicted molar refractivity (Wildman–Crippen MR) is 48.8 cm³/mol. The number of aromatic nitrogens is 1. The molecule has 76 valence electrons. The summed E-state index contributed by atoms with van der Waals surface area (Å²) in [5, 5.41) is 0. The van der Waals surface area contributed by atoms with Crippen molar-refractivity contribution in [2.75, 3.05) is 0 Å². The van der Waals surface area contributed by atoms with Gasteiger partial charge in [-0.15, -0.1) is 0 Å². The fourth-order valence-electron chi connectivity index (χ4n) is 1.95. The smallest absolute Gasteiger partial charge is 0.141 e. The van der Waals surface area contributed by atoms with Crippen molar-refractivity contribution in [2.24, 2.45) is 5.73 Å². The topological polar surface area (TPSA) is 38.9 Å². The molecule has 2 rings (SSSR count). The van der Waals surface area contributed by atoms with Crippen LogP contribution in [-0.4, -0.2) is 11.0 Å². The lowest BCUT2D eigenvalue weighted by molar-refractivity contribution is 0.171. The van der Waals surface area contributed by atoms with E-state index in [9.17, 15) is 8.78 Å². The number of halogens is 2. The van der Waals surface area contributed by atoms with Gasteiger partial charge >= 0.3 is 0 Å². The minimum atomic E-state index is -1.48. The molecule has 1 aromatic heterocycles. The maximum absolute atomic E-state index is 14.2. The predicted octanol–water partition coefficient (Wildman–Crippen LogP) is 1.90. The molecule has 1 saturated carbocycles. The molecule has 2 N–H and O–H groups in total. The highest BCUT2D eigenvalue weighted by molar-refractivity contribution is 5.21. The van der Waals surface area contributed by atoms with Crippen LogP contribution in [-0.2, 0) is 5.67 Å². The highest BCUT2D eigenvalue weighted by atomic mass is 19.1. The van der Waals surface area contributed by atoms with Gasteiger partial charge in [-0.25, -0.2) is 8.78 Å². The fraction of sp³-hybridized carbons (Fsp3) is 0.500. The maximum atomic E-state index is 14.2. The third-order valence-corrected chi connectivity index (χ3v) is 2.72. The van der Waals surface area contributed by atoms with Crippen LogP contribution in [0.5, 0.6) is 0 Å². The fourth-order valence-corrected chi connectivity index (χ4v) is 1.95. The zero-order valence-corrected chi connectivity index (χ0v) is 7.71. The first-order valence-corrected chi connectivity index (χ1v) is 4.66. The molecule has 2 nitrogen and oxygen atoms in total. The molecule has 14 heavy (non-hydrogen) atoms. The van der Waals surface area contributed by atoms with E-state index in [1.54, 1.807) is 0 Å². The average Bonchev–Trinajstić information content (AvgIpc) is 2.48. The molecule has 1 aliphatic rings. The van der Waals surface area contributed by atoms with Gasteiger partial charge in [0, 0.05) is 24.2 Å². The summed E-state index contributed by atoms with van der Waals surface area (Å²) in [6.45, 7) is 0. The van der Waals surface area contributed by atoms with Crippen molar-refractivity contribution in [3.8, 4) is 0 Å². The lowest BCUT2D eigenvalue weighted by Crippen LogP contribution is -2.21. The molecule has 0 aliphatic heterocycles. The third-order valence-electron chi connectivity index (χ3n) is 2.72. The van der Waals surface area contributed by atoms with Gasteiger partial charge in [-0.05, 0) is 18.9 Å². The zero-order valence-electron chi connectivity index (χ0n) is 7.71. The minimum Gasteiger partial charge on any atom is -0.328 e. The number of hydrogen-bond acceptors (Lipinski definition) is 2. The van der Waals surface area contributed by atoms with E-state index in [0.717, 1.165) is 6.20 Å². The second kappa shape index (κ2) is 3.28. The molecule has 1 heterocycles. The average molecular weight is 198 g/mol. The highest BCUT2D eigenvalue weighted by Gasteiger charge is 2.39. The van der Waals surface area contributed by atoms with E-state index in [1.807, 2.05) is 0 Å². The number of nitrogens with two attached hydrogens (primary N) is 1. The van der Waals surface area contributed by atoms with Crippen molar-refractivity contribution in [3.05, 3.63) is 29.8 Å². The molecule has 0 saturated heterocycles. The number of pyridine rings is 1. The summed E-state index contributed by atoms with van der Waals surface area (Å²) in [5.74, 6) is -0.500. The quantitative estimate of drug-likeness (QED) is 0.748. The van der Waals surface area contributed by atoms with Crippen molar-refractivity contribution >= 4 is 0 Å². The molecular weight excluding hydrogens is 186 g/mol. The van der Waals surface area contributed by atoms with E-state index < -0.39 is 11.5 Å². The summed E-state index contributed by atoms with van der Waals surface area (Å²) in [4.78, 5) is 3.64. The van der Waals surface area contributed by atoms with E-state index in [4.69, 9.17) is 5.73 Å². The molecule has 2 atom stereocenters. The van der Waals surface area contributed by atoms with Gasteiger partial charge < -0.3 is 5.73 Å². The molecule has 0 radical (unpaired) electrons. The monoisotopic (exact) mass is 198 g/mol. The summed E-state index contributed by atoms with van der Waals surface area (Å²) < 4.78 is 27.0. The Kier molecular flexibility index (Phi) is 2.23. The van der Waals surface area contributed by atoms with Crippen molar-refractivity contribution in [3.63, 3.8) is 0 Å². The van der Waals surface area contributed by atoms with Crippen LogP contribution in [0.2, 0.25) is 0 Å². The zero-order chi connectivity index (χ0) is 10.2. The molecule has 0 spiro atoms. The van der Waals surface area contributed by atoms with E-state index in [1.165, 1.54) is 12.3 Å². The first-order chi connectivity index (χ1) is 6.60. The van der Waals surface area contributed by atoms with Crippen LogP contribution in [0, 0.1) is 5.82 Å². The minimum absolute atomic E-state index is 0.122. The van der Waals surface area contributed by atoms with Crippen LogP contribution >= 0.6 is 0 Å². The Morgan fingerprint density at radius 3 is 2.86 bits per heavy atom. The lowest BCUT2D eigenvalue weighted by Gasteiger charge is -2.19. The van der Waals surface area contributed by atoms with Gasteiger partial charge in [0.2, 0.25) is 0 Å². The molecule has 0 aromatic carbocycles. The summed E-state index contributed by atoms with van der Waals surface area (Å²) >= 11 is 0. The number of rotatable bonds is 1. The van der Waals surface area contributed by atoms with Crippen LogP contribution in [0.1, 0.15) is 24.8 Å². The molecule has 1 aliphatic carbocycles. The van der Waals surface area contributed by atoms with Crippen LogP contribution in [0.25, 0.3) is 0 Å². The normalized spacial score (nSPS) is 32.1. The number of nitrogens with zero attached hydrogens (tertiary/aromatic N) is 1. The Morgan fingerprint density at radius 2 is 2.29 bits per heavy atom. The van der Waals surface area contributed by atoms with Crippen LogP contribution in [0.15, 0.2) is 18.5 Å². The third kappa shape index (κ3) is 1.62. The van der Waals surface area contributed by atoms with Crippen LogP contribution in [0.3, 0.4) is 0 Å². The second-order valence-corrected chi connectivity index (χ2v) is 3.86. The van der Waals surface area contributed by atoms with Gasteiger partial charge in [-0.1, -0.05) is 0 Å². The molecular formula is C10H12F2N2. The van der Waals surface area contributed by atoms with Crippen molar-refractivity contribution in [2.45, 2.75) is 31.0 Å². The van der Waals surface area contributed by atoms with Gasteiger partial charge in [-0.2, -0.15) is 0 Å². The summed E-state index contributed by atoms with van der Waals surface area (Å²) in [5.41, 5.74) is 4.46. The molecule has 0 amide bonds. The number of hydrogen-bond donors (Lipinski definition) is 1. The summed E-state index contributed by atoms with van der Waals surface area (Å²) in [6.07, 6.45) is 3.72. The van der Waals surface area contributed by atoms with E-state index in [0.29, 0.717) is 18.4 Å². The SMILES string of the molecule is NC1CCC(F)(c2cncc(F)c2)C1. The Morgan fingerprint density at radius 1 is 1.50 bits per heavy atom. The standard InChI is InChI=1S/C10H12F2N2/c11-8-3-7(5-14-6-8)10(12)2-1-9(13)4-10/h3,5-6,9H,1-2,4,13H2. The maximum Gasteiger partial charge on any atom is 0.141 e. The molecule has 1 fully saturated rings.